The summed E-state index contributed by atoms with van der Waals surface area (Å²) < 4.78 is 10.9. The van der Waals surface area contributed by atoms with Crippen LogP contribution in [0.25, 0.3) is 0 Å². The summed E-state index contributed by atoms with van der Waals surface area (Å²) in [4.78, 5) is 0. The van der Waals surface area contributed by atoms with Gasteiger partial charge in [0.05, 0.1) is 6.61 Å². The summed E-state index contributed by atoms with van der Waals surface area (Å²) in [6.45, 7) is 3.90. The molecule has 0 spiro atoms. The molecule has 0 aromatic heterocycles. The van der Waals surface area contributed by atoms with Crippen LogP contribution in [0.5, 0.6) is 0 Å². The fraction of sp³-hybridized carbons (Fsp3) is 0.333. The van der Waals surface area contributed by atoms with Crippen LogP contribution in [0.2, 0.25) is 0 Å². The highest BCUT2D eigenvalue weighted by Crippen LogP contribution is 2.26. The highest BCUT2D eigenvalue weighted by atomic mass is 16.7. The minimum absolute atomic E-state index is 0.274. The molecule has 1 aromatic carbocycles. The first-order chi connectivity index (χ1) is 7.31. The maximum atomic E-state index is 9.51. The molecular weight excluding hydrogens is 192 g/mol. The van der Waals surface area contributed by atoms with Crippen LogP contribution in [0.1, 0.15) is 11.9 Å². The van der Waals surface area contributed by atoms with Crippen LogP contribution in [-0.4, -0.2) is 23.9 Å². The molecule has 0 amide bonds. The maximum absolute atomic E-state index is 9.51. The van der Waals surface area contributed by atoms with Crippen molar-refractivity contribution in [2.75, 3.05) is 6.61 Å². The van der Waals surface area contributed by atoms with E-state index in [9.17, 15) is 5.11 Å². The Morgan fingerprint density at radius 1 is 1.33 bits per heavy atom. The lowest BCUT2D eigenvalue weighted by molar-refractivity contribution is -0.243. The second kappa shape index (κ2) is 4.57. The van der Waals surface area contributed by atoms with Gasteiger partial charge < -0.3 is 14.6 Å². The molecular formula is C12H14O3. The predicted molar refractivity (Wildman–Crippen MR) is 56.2 cm³/mol. The van der Waals surface area contributed by atoms with Crippen molar-refractivity contribution in [3.8, 4) is 0 Å². The number of rotatable bonds is 2. The second-order valence-electron chi connectivity index (χ2n) is 3.48. The Hall–Kier alpha value is -1.16. The molecule has 1 fully saturated rings. The smallest absolute Gasteiger partial charge is 0.184 e. The lowest BCUT2D eigenvalue weighted by atomic mass is 10.1. The summed E-state index contributed by atoms with van der Waals surface area (Å²) in [6, 6.07) is 9.66. The van der Waals surface area contributed by atoms with Gasteiger partial charge in [0, 0.05) is 5.56 Å². The Balaban J connectivity index is 2.09. The molecule has 1 aliphatic rings. The minimum atomic E-state index is -0.623. The number of hydrogen-bond acceptors (Lipinski definition) is 3. The normalized spacial score (nSPS) is 31.1. The van der Waals surface area contributed by atoms with Crippen LogP contribution in [0.15, 0.2) is 43.0 Å². The summed E-state index contributed by atoms with van der Waals surface area (Å²) in [6.07, 6.45) is 0.215. The van der Waals surface area contributed by atoms with Crippen molar-refractivity contribution in [1.82, 2.24) is 0 Å². The van der Waals surface area contributed by atoms with E-state index in [1.165, 1.54) is 0 Å². The summed E-state index contributed by atoms with van der Waals surface area (Å²) in [5.74, 6) is 0. The summed E-state index contributed by atoms with van der Waals surface area (Å²) in [5, 5.41) is 9.51. The molecule has 1 aliphatic heterocycles. The molecule has 0 aliphatic carbocycles. The summed E-state index contributed by atoms with van der Waals surface area (Å²) in [7, 11) is 0. The van der Waals surface area contributed by atoms with Crippen molar-refractivity contribution >= 4 is 0 Å². The lowest BCUT2D eigenvalue weighted by Gasteiger charge is -2.32. The van der Waals surface area contributed by atoms with Gasteiger partial charge in [-0.05, 0) is 0 Å². The van der Waals surface area contributed by atoms with E-state index in [0.29, 0.717) is 0 Å². The number of aliphatic hydroxyl groups is 1. The second-order valence-corrected chi connectivity index (χ2v) is 3.48. The third-order valence-corrected chi connectivity index (χ3v) is 2.38. The Morgan fingerprint density at radius 3 is 2.73 bits per heavy atom. The number of hydrogen-bond donors (Lipinski definition) is 1. The Kier molecular flexibility index (Phi) is 3.16. The van der Waals surface area contributed by atoms with Gasteiger partial charge in [-0.3, -0.25) is 0 Å². The predicted octanol–water partition coefficient (Wildman–Crippen LogP) is 1.65. The molecule has 15 heavy (non-hydrogen) atoms. The van der Waals surface area contributed by atoms with E-state index >= 15 is 0 Å². The molecule has 1 saturated heterocycles. The van der Waals surface area contributed by atoms with E-state index in [1.54, 1.807) is 6.08 Å². The monoisotopic (exact) mass is 206 g/mol. The number of ether oxygens (including phenoxy) is 2. The van der Waals surface area contributed by atoms with Crippen LogP contribution < -0.4 is 0 Å². The van der Waals surface area contributed by atoms with Crippen molar-refractivity contribution in [2.24, 2.45) is 0 Å². The van der Waals surface area contributed by atoms with Gasteiger partial charge in [-0.2, -0.15) is 0 Å². The van der Waals surface area contributed by atoms with Gasteiger partial charge in [-0.25, -0.2) is 0 Å². The van der Waals surface area contributed by atoms with Crippen LogP contribution in [0, 0.1) is 0 Å². The quantitative estimate of drug-likeness (QED) is 0.748. The molecule has 0 radical (unpaired) electrons. The van der Waals surface area contributed by atoms with Crippen molar-refractivity contribution < 1.29 is 14.6 Å². The third-order valence-electron chi connectivity index (χ3n) is 2.38. The van der Waals surface area contributed by atoms with Gasteiger partial charge in [0.2, 0.25) is 0 Å². The van der Waals surface area contributed by atoms with Crippen molar-refractivity contribution in [1.29, 1.82) is 0 Å². The van der Waals surface area contributed by atoms with Gasteiger partial charge in [0.25, 0.3) is 0 Å². The van der Waals surface area contributed by atoms with Gasteiger partial charge in [0.15, 0.2) is 6.29 Å². The fourth-order valence-electron chi connectivity index (χ4n) is 1.55. The molecule has 2 rings (SSSR count). The zero-order valence-electron chi connectivity index (χ0n) is 8.37. The van der Waals surface area contributed by atoms with Crippen molar-refractivity contribution in [3.05, 3.63) is 48.6 Å². The van der Waals surface area contributed by atoms with Gasteiger partial charge >= 0.3 is 0 Å². The van der Waals surface area contributed by atoms with E-state index < -0.39 is 12.4 Å². The highest BCUT2D eigenvalue weighted by Gasteiger charge is 2.29. The zero-order chi connectivity index (χ0) is 10.7. The van der Waals surface area contributed by atoms with Gasteiger partial charge in [-0.1, -0.05) is 36.4 Å². The van der Waals surface area contributed by atoms with Crippen LogP contribution in [-0.2, 0) is 9.47 Å². The standard InChI is InChI=1S/C12H14O3/c1-2-11-10(13)8-14-12(15-11)9-6-4-3-5-7-9/h2-7,10-13H,1,8H2/t10-,11+,12?/m0/s1. The lowest BCUT2D eigenvalue weighted by Crippen LogP contribution is -2.38. The molecule has 3 nitrogen and oxygen atoms in total. The minimum Gasteiger partial charge on any atom is -0.388 e. The van der Waals surface area contributed by atoms with Crippen LogP contribution >= 0.6 is 0 Å². The van der Waals surface area contributed by atoms with Crippen molar-refractivity contribution in [2.45, 2.75) is 18.5 Å². The van der Waals surface area contributed by atoms with E-state index in [2.05, 4.69) is 6.58 Å². The zero-order valence-corrected chi connectivity index (χ0v) is 8.37. The average molecular weight is 206 g/mol. The third kappa shape index (κ3) is 2.26. The molecule has 1 N–H and O–H groups in total. The number of benzene rings is 1. The first kappa shape index (κ1) is 10.4. The van der Waals surface area contributed by atoms with Crippen molar-refractivity contribution in [3.63, 3.8) is 0 Å². The molecule has 1 unspecified atom stereocenters. The van der Waals surface area contributed by atoms with E-state index in [-0.39, 0.29) is 12.7 Å². The van der Waals surface area contributed by atoms with Crippen LogP contribution in [0.4, 0.5) is 0 Å². The first-order valence-corrected chi connectivity index (χ1v) is 4.94. The molecule has 3 atom stereocenters. The average Bonchev–Trinajstić information content (AvgIpc) is 2.31. The Labute approximate surface area is 88.9 Å². The Morgan fingerprint density at radius 2 is 2.07 bits per heavy atom. The summed E-state index contributed by atoms with van der Waals surface area (Å²) in [5.41, 5.74) is 0.955. The molecule has 0 saturated carbocycles. The van der Waals surface area contributed by atoms with E-state index in [0.717, 1.165) is 5.56 Å². The topological polar surface area (TPSA) is 38.7 Å². The van der Waals surface area contributed by atoms with E-state index in [1.807, 2.05) is 30.3 Å². The van der Waals surface area contributed by atoms with Gasteiger partial charge in [0.1, 0.15) is 12.2 Å². The van der Waals surface area contributed by atoms with E-state index in [4.69, 9.17) is 9.47 Å². The SMILES string of the molecule is C=C[C@H]1OC(c2ccccc2)OC[C@@H]1O. The largest absolute Gasteiger partial charge is 0.388 e. The molecule has 1 aromatic rings. The molecule has 3 heteroatoms. The number of aliphatic hydroxyl groups excluding tert-OH is 1. The molecule has 1 heterocycles. The van der Waals surface area contributed by atoms with Crippen LogP contribution in [0.3, 0.4) is 0 Å². The molecule has 0 bridgehead atoms. The Bertz CT molecular complexity index is 323. The molecule has 80 valence electrons. The van der Waals surface area contributed by atoms with Gasteiger partial charge in [-0.15, -0.1) is 6.58 Å². The fourth-order valence-corrected chi connectivity index (χ4v) is 1.55. The first-order valence-electron chi connectivity index (χ1n) is 4.94. The highest BCUT2D eigenvalue weighted by molar-refractivity contribution is 5.16. The summed E-state index contributed by atoms with van der Waals surface area (Å²) >= 11 is 0. The maximum Gasteiger partial charge on any atom is 0.184 e.